The molecular formula is C10H14OS. The maximum atomic E-state index is 5.10. The zero-order valence-corrected chi connectivity index (χ0v) is 8.61. The van der Waals surface area contributed by atoms with Crippen molar-refractivity contribution in [1.82, 2.24) is 0 Å². The van der Waals surface area contributed by atoms with Gasteiger partial charge in [-0.2, -0.15) is 0 Å². The van der Waals surface area contributed by atoms with Crippen LogP contribution in [0.4, 0.5) is 0 Å². The van der Waals surface area contributed by atoms with E-state index in [1.54, 1.807) is 7.11 Å². The predicted octanol–water partition coefficient (Wildman–Crippen LogP) is 2.74. The second-order valence-electron chi connectivity index (χ2n) is 2.99. The molecule has 1 nitrogen and oxygen atoms in total. The number of benzene rings is 1. The molecule has 0 atom stereocenters. The first-order valence-corrected chi connectivity index (χ1v) is 4.38. The molecule has 0 saturated carbocycles. The van der Waals surface area contributed by atoms with Crippen molar-refractivity contribution in [2.45, 2.75) is 25.3 Å². The molecule has 0 bridgehead atoms. The molecule has 0 amide bonds. The molecule has 1 aromatic carbocycles. The third kappa shape index (κ3) is 2.02. The van der Waals surface area contributed by atoms with E-state index in [-0.39, 0.29) is 0 Å². The highest BCUT2D eigenvalue weighted by molar-refractivity contribution is 7.80. The van der Waals surface area contributed by atoms with E-state index in [1.807, 2.05) is 0 Å². The van der Waals surface area contributed by atoms with Gasteiger partial charge in [-0.05, 0) is 42.7 Å². The van der Waals surface area contributed by atoms with Crippen molar-refractivity contribution in [3.05, 3.63) is 28.8 Å². The van der Waals surface area contributed by atoms with Crippen LogP contribution >= 0.6 is 12.6 Å². The van der Waals surface area contributed by atoms with Crippen molar-refractivity contribution in [2.24, 2.45) is 0 Å². The Balaban J connectivity index is 3.10. The van der Waals surface area contributed by atoms with Crippen molar-refractivity contribution in [2.75, 3.05) is 7.11 Å². The number of thiol groups is 1. The molecule has 0 N–H and O–H groups in total. The fourth-order valence-corrected chi connectivity index (χ4v) is 1.73. The van der Waals surface area contributed by atoms with Crippen LogP contribution in [0.2, 0.25) is 0 Å². The van der Waals surface area contributed by atoms with E-state index < -0.39 is 0 Å². The molecule has 0 aliphatic carbocycles. The normalized spacial score (nSPS) is 10.3. The van der Waals surface area contributed by atoms with Crippen LogP contribution in [0.25, 0.3) is 0 Å². The zero-order chi connectivity index (χ0) is 9.14. The van der Waals surface area contributed by atoms with Crippen LogP contribution in [0.1, 0.15) is 16.7 Å². The van der Waals surface area contributed by atoms with Gasteiger partial charge in [-0.3, -0.25) is 0 Å². The predicted molar refractivity (Wildman–Crippen MR) is 53.9 cm³/mol. The Morgan fingerprint density at radius 2 is 1.75 bits per heavy atom. The van der Waals surface area contributed by atoms with Gasteiger partial charge in [0.15, 0.2) is 0 Å². The second kappa shape index (κ2) is 3.97. The first kappa shape index (κ1) is 9.62. The molecule has 0 fully saturated rings. The number of ether oxygens (including phenoxy) is 1. The van der Waals surface area contributed by atoms with Crippen molar-refractivity contribution in [3.8, 4) is 0 Å². The number of aryl methyl sites for hydroxylation is 2. The molecule has 1 rings (SSSR count). The summed E-state index contributed by atoms with van der Waals surface area (Å²) in [7, 11) is 1.72. The Morgan fingerprint density at radius 3 is 2.17 bits per heavy atom. The van der Waals surface area contributed by atoms with Crippen LogP contribution in [0, 0.1) is 13.8 Å². The van der Waals surface area contributed by atoms with Crippen molar-refractivity contribution < 1.29 is 4.74 Å². The molecule has 1 aromatic rings. The molecule has 2 heteroatoms. The average molecular weight is 182 g/mol. The van der Waals surface area contributed by atoms with Gasteiger partial charge in [0.1, 0.15) is 0 Å². The number of hydrogen-bond donors (Lipinski definition) is 1. The molecule has 0 radical (unpaired) electrons. The standard InChI is InChI=1S/C10H14OS/c1-7-4-9(12)5-8(2)10(7)6-11-3/h4-5,12H,6H2,1-3H3. The molecule has 0 aromatic heterocycles. The molecule has 0 spiro atoms. The Morgan fingerprint density at radius 1 is 1.25 bits per heavy atom. The fourth-order valence-electron chi connectivity index (χ4n) is 1.34. The Kier molecular flexibility index (Phi) is 3.18. The maximum absolute atomic E-state index is 5.10. The maximum Gasteiger partial charge on any atom is 0.0718 e. The van der Waals surface area contributed by atoms with Crippen LogP contribution in [-0.4, -0.2) is 7.11 Å². The van der Waals surface area contributed by atoms with E-state index in [4.69, 9.17) is 4.74 Å². The second-order valence-corrected chi connectivity index (χ2v) is 3.51. The first-order chi connectivity index (χ1) is 5.65. The number of hydrogen-bond acceptors (Lipinski definition) is 2. The lowest BCUT2D eigenvalue weighted by molar-refractivity contribution is 0.184. The quantitative estimate of drug-likeness (QED) is 0.692. The van der Waals surface area contributed by atoms with E-state index in [0.29, 0.717) is 6.61 Å². The van der Waals surface area contributed by atoms with Gasteiger partial charge in [0, 0.05) is 12.0 Å². The van der Waals surface area contributed by atoms with E-state index in [2.05, 4.69) is 38.6 Å². The van der Waals surface area contributed by atoms with Gasteiger partial charge in [-0.1, -0.05) is 0 Å². The van der Waals surface area contributed by atoms with Crippen molar-refractivity contribution in [3.63, 3.8) is 0 Å². The third-order valence-corrected chi connectivity index (χ3v) is 2.23. The largest absolute Gasteiger partial charge is 0.380 e. The minimum atomic E-state index is 0.686. The molecule has 0 aliphatic heterocycles. The van der Waals surface area contributed by atoms with Crippen LogP contribution in [0.3, 0.4) is 0 Å². The first-order valence-electron chi connectivity index (χ1n) is 3.93. The summed E-state index contributed by atoms with van der Waals surface area (Å²) in [6.07, 6.45) is 0. The van der Waals surface area contributed by atoms with Gasteiger partial charge in [0.25, 0.3) is 0 Å². The smallest absolute Gasteiger partial charge is 0.0718 e. The Hall–Kier alpha value is -0.470. The number of methoxy groups -OCH3 is 1. The van der Waals surface area contributed by atoms with Crippen LogP contribution in [-0.2, 0) is 11.3 Å². The summed E-state index contributed by atoms with van der Waals surface area (Å²) in [6.45, 7) is 4.86. The van der Waals surface area contributed by atoms with Gasteiger partial charge in [0.05, 0.1) is 6.61 Å². The summed E-state index contributed by atoms with van der Waals surface area (Å²) < 4.78 is 5.10. The minimum Gasteiger partial charge on any atom is -0.380 e. The molecule has 0 unspecified atom stereocenters. The summed E-state index contributed by atoms with van der Waals surface area (Å²) in [5.41, 5.74) is 3.78. The highest BCUT2D eigenvalue weighted by atomic mass is 32.1. The van der Waals surface area contributed by atoms with E-state index in [9.17, 15) is 0 Å². The third-order valence-electron chi connectivity index (χ3n) is 1.97. The fraction of sp³-hybridized carbons (Fsp3) is 0.400. The molecule has 66 valence electrons. The summed E-state index contributed by atoms with van der Waals surface area (Å²) in [5.74, 6) is 0. The van der Waals surface area contributed by atoms with Crippen LogP contribution in [0.5, 0.6) is 0 Å². The van der Waals surface area contributed by atoms with E-state index in [1.165, 1.54) is 16.7 Å². The van der Waals surface area contributed by atoms with Crippen LogP contribution in [0.15, 0.2) is 17.0 Å². The van der Waals surface area contributed by atoms with Gasteiger partial charge < -0.3 is 4.74 Å². The Labute approximate surface area is 79.2 Å². The highest BCUT2D eigenvalue weighted by Gasteiger charge is 2.02. The lowest BCUT2D eigenvalue weighted by Crippen LogP contribution is -1.95. The van der Waals surface area contributed by atoms with Gasteiger partial charge in [-0.25, -0.2) is 0 Å². The monoisotopic (exact) mass is 182 g/mol. The summed E-state index contributed by atoms with van der Waals surface area (Å²) in [6, 6.07) is 4.12. The van der Waals surface area contributed by atoms with E-state index >= 15 is 0 Å². The Bertz CT molecular complexity index is 258. The molecule has 0 saturated heterocycles. The van der Waals surface area contributed by atoms with Crippen LogP contribution < -0.4 is 0 Å². The summed E-state index contributed by atoms with van der Waals surface area (Å²) in [4.78, 5) is 1.02. The topological polar surface area (TPSA) is 9.23 Å². The van der Waals surface area contributed by atoms with E-state index in [0.717, 1.165) is 4.90 Å². The minimum absolute atomic E-state index is 0.686. The average Bonchev–Trinajstić information content (AvgIpc) is 1.96. The number of rotatable bonds is 2. The summed E-state index contributed by atoms with van der Waals surface area (Å²) >= 11 is 4.30. The molecular weight excluding hydrogens is 168 g/mol. The van der Waals surface area contributed by atoms with Crippen molar-refractivity contribution in [1.29, 1.82) is 0 Å². The molecule has 0 heterocycles. The lowest BCUT2D eigenvalue weighted by Gasteiger charge is -2.09. The zero-order valence-electron chi connectivity index (χ0n) is 7.72. The van der Waals surface area contributed by atoms with Gasteiger partial charge in [0.2, 0.25) is 0 Å². The lowest BCUT2D eigenvalue weighted by atomic mass is 10.0. The van der Waals surface area contributed by atoms with Gasteiger partial charge in [-0.15, -0.1) is 12.6 Å². The molecule has 0 aliphatic rings. The highest BCUT2D eigenvalue weighted by Crippen LogP contribution is 2.19. The van der Waals surface area contributed by atoms with Crippen molar-refractivity contribution >= 4 is 12.6 Å². The van der Waals surface area contributed by atoms with Gasteiger partial charge >= 0.3 is 0 Å². The molecule has 12 heavy (non-hydrogen) atoms. The SMILES string of the molecule is COCc1c(C)cc(S)cc1C. The summed E-state index contributed by atoms with van der Waals surface area (Å²) in [5, 5.41) is 0.